The molecule has 2 rings (SSSR count). The van der Waals surface area contributed by atoms with Crippen molar-refractivity contribution < 1.29 is 8.42 Å². The average Bonchev–Trinajstić information content (AvgIpc) is 2.75. The van der Waals surface area contributed by atoms with E-state index in [0.29, 0.717) is 23.4 Å². The summed E-state index contributed by atoms with van der Waals surface area (Å²) in [6.07, 6.45) is 3.45. The molecule has 0 unspecified atom stereocenters. The van der Waals surface area contributed by atoms with Crippen molar-refractivity contribution in [2.75, 3.05) is 17.8 Å². The van der Waals surface area contributed by atoms with Crippen molar-refractivity contribution in [2.45, 2.75) is 12.8 Å². The second-order valence-electron chi connectivity index (χ2n) is 3.56. The van der Waals surface area contributed by atoms with Crippen LogP contribution in [0.4, 0.5) is 5.69 Å². The Morgan fingerprint density at radius 1 is 1.38 bits per heavy atom. The van der Waals surface area contributed by atoms with Gasteiger partial charge in [0.05, 0.1) is 5.69 Å². The number of halogens is 1. The summed E-state index contributed by atoms with van der Waals surface area (Å²) in [5.74, 6) is 0. The minimum atomic E-state index is -3.42. The molecular formula is C9H12BrN3O2S. The first-order chi connectivity index (χ1) is 7.59. The van der Waals surface area contributed by atoms with E-state index >= 15 is 0 Å². The fourth-order valence-electron chi connectivity index (χ4n) is 1.59. The van der Waals surface area contributed by atoms with Crippen LogP contribution in [0.2, 0.25) is 0 Å². The summed E-state index contributed by atoms with van der Waals surface area (Å²) >= 11 is 3.20. The third kappa shape index (κ3) is 2.53. The first-order valence-electron chi connectivity index (χ1n) is 4.98. The number of hydrogen-bond donors (Lipinski definition) is 1. The Hall–Kier alpha value is -0.660. The van der Waals surface area contributed by atoms with Crippen LogP contribution in [0.25, 0.3) is 0 Å². The molecule has 0 aliphatic carbocycles. The van der Waals surface area contributed by atoms with Gasteiger partial charge in [0.25, 0.3) is 0 Å². The molecule has 5 nitrogen and oxygen atoms in total. The van der Waals surface area contributed by atoms with E-state index in [0.717, 1.165) is 12.8 Å². The Bertz CT molecular complexity index is 471. The smallest absolute Gasteiger partial charge is 0.268 e. The van der Waals surface area contributed by atoms with Gasteiger partial charge in [-0.2, -0.15) is 12.7 Å². The largest absolute Gasteiger partial charge is 0.301 e. The zero-order valence-corrected chi connectivity index (χ0v) is 11.0. The number of pyridine rings is 1. The maximum atomic E-state index is 11.9. The van der Waals surface area contributed by atoms with Crippen LogP contribution in [-0.4, -0.2) is 30.8 Å². The van der Waals surface area contributed by atoms with Gasteiger partial charge in [-0.3, -0.25) is 4.72 Å². The van der Waals surface area contributed by atoms with Crippen molar-refractivity contribution in [3.05, 3.63) is 22.9 Å². The van der Waals surface area contributed by atoms with E-state index in [1.165, 1.54) is 4.31 Å². The molecule has 0 radical (unpaired) electrons. The van der Waals surface area contributed by atoms with Gasteiger partial charge in [0.2, 0.25) is 0 Å². The lowest BCUT2D eigenvalue weighted by Gasteiger charge is -2.17. The maximum Gasteiger partial charge on any atom is 0.301 e. The molecule has 0 atom stereocenters. The van der Waals surface area contributed by atoms with E-state index in [9.17, 15) is 8.42 Å². The third-order valence-electron chi connectivity index (χ3n) is 2.40. The van der Waals surface area contributed by atoms with Crippen molar-refractivity contribution in [3.63, 3.8) is 0 Å². The minimum absolute atomic E-state index is 0.467. The summed E-state index contributed by atoms with van der Waals surface area (Å²) in [5.41, 5.74) is 0.467. The maximum absolute atomic E-state index is 11.9. The summed E-state index contributed by atoms with van der Waals surface area (Å²) < 4.78 is 28.3. The molecule has 1 N–H and O–H groups in total. The molecule has 1 aliphatic rings. The minimum Gasteiger partial charge on any atom is -0.268 e. The quantitative estimate of drug-likeness (QED) is 0.863. The van der Waals surface area contributed by atoms with Gasteiger partial charge in [0.1, 0.15) is 4.60 Å². The molecule has 2 heterocycles. The molecule has 0 amide bonds. The zero-order chi connectivity index (χ0) is 11.6. The van der Waals surface area contributed by atoms with Gasteiger partial charge in [-0.05, 0) is 40.9 Å². The SMILES string of the molecule is O=S(=O)(Nc1cccnc1Br)N1CCCC1. The summed E-state index contributed by atoms with van der Waals surface area (Å²) in [6.45, 7) is 1.18. The van der Waals surface area contributed by atoms with Gasteiger partial charge < -0.3 is 0 Å². The van der Waals surface area contributed by atoms with Crippen LogP contribution in [0.1, 0.15) is 12.8 Å². The molecule has 1 saturated heterocycles. The van der Waals surface area contributed by atoms with E-state index in [-0.39, 0.29) is 0 Å². The second kappa shape index (κ2) is 4.68. The molecule has 1 fully saturated rings. The Labute approximate surface area is 103 Å². The number of nitrogens with one attached hydrogen (secondary N) is 1. The van der Waals surface area contributed by atoms with Gasteiger partial charge in [-0.25, -0.2) is 4.98 Å². The molecule has 0 saturated carbocycles. The first kappa shape index (κ1) is 11.8. The van der Waals surface area contributed by atoms with Crippen LogP contribution in [0.5, 0.6) is 0 Å². The summed E-state index contributed by atoms with van der Waals surface area (Å²) in [4.78, 5) is 3.96. The standard InChI is InChI=1S/C9H12BrN3O2S/c10-9-8(4-3-5-11-9)12-16(14,15)13-6-1-2-7-13/h3-5,12H,1-2,6-7H2. The summed E-state index contributed by atoms with van der Waals surface area (Å²) in [6, 6.07) is 3.36. The monoisotopic (exact) mass is 305 g/mol. The summed E-state index contributed by atoms with van der Waals surface area (Å²) in [5, 5.41) is 0. The van der Waals surface area contributed by atoms with Gasteiger partial charge >= 0.3 is 10.2 Å². The normalized spacial score (nSPS) is 17.6. The molecule has 1 aliphatic heterocycles. The molecular weight excluding hydrogens is 294 g/mol. The molecule has 0 bridgehead atoms. The Morgan fingerprint density at radius 3 is 2.69 bits per heavy atom. The number of nitrogens with zero attached hydrogens (tertiary/aromatic N) is 2. The first-order valence-corrected chi connectivity index (χ1v) is 7.21. The fourth-order valence-corrected chi connectivity index (χ4v) is 3.39. The molecule has 0 spiro atoms. The van der Waals surface area contributed by atoms with E-state index in [4.69, 9.17) is 0 Å². The highest BCUT2D eigenvalue weighted by molar-refractivity contribution is 9.10. The summed E-state index contributed by atoms with van der Waals surface area (Å²) in [7, 11) is -3.42. The van der Waals surface area contributed by atoms with Crippen LogP contribution in [0.3, 0.4) is 0 Å². The van der Waals surface area contributed by atoms with Crippen LogP contribution in [0.15, 0.2) is 22.9 Å². The lowest BCUT2D eigenvalue weighted by molar-refractivity contribution is 0.482. The highest BCUT2D eigenvalue weighted by atomic mass is 79.9. The van der Waals surface area contributed by atoms with Gasteiger partial charge in [-0.1, -0.05) is 0 Å². The lowest BCUT2D eigenvalue weighted by atomic mass is 10.4. The Morgan fingerprint density at radius 2 is 2.06 bits per heavy atom. The van der Waals surface area contributed by atoms with Gasteiger partial charge in [0.15, 0.2) is 0 Å². The molecule has 0 aromatic carbocycles. The number of rotatable bonds is 3. The predicted molar refractivity (Wildman–Crippen MR) is 65.3 cm³/mol. The Balaban J connectivity index is 2.18. The Kier molecular flexibility index (Phi) is 3.46. The van der Waals surface area contributed by atoms with Crippen LogP contribution >= 0.6 is 15.9 Å². The number of anilines is 1. The molecule has 1 aromatic heterocycles. The fraction of sp³-hybridized carbons (Fsp3) is 0.444. The number of aromatic nitrogens is 1. The van der Waals surface area contributed by atoms with E-state index in [2.05, 4.69) is 25.6 Å². The lowest BCUT2D eigenvalue weighted by Crippen LogP contribution is -2.33. The van der Waals surface area contributed by atoms with E-state index in [1.54, 1.807) is 18.3 Å². The van der Waals surface area contributed by atoms with Crippen LogP contribution in [-0.2, 0) is 10.2 Å². The van der Waals surface area contributed by atoms with Gasteiger partial charge in [0, 0.05) is 19.3 Å². The molecule has 7 heteroatoms. The van der Waals surface area contributed by atoms with Crippen molar-refractivity contribution in [2.24, 2.45) is 0 Å². The van der Waals surface area contributed by atoms with Crippen molar-refractivity contribution in [1.29, 1.82) is 0 Å². The van der Waals surface area contributed by atoms with Crippen LogP contribution in [0, 0.1) is 0 Å². The zero-order valence-electron chi connectivity index (χ0n) is 8.56. The molecule has 88 valence electrons. The van der Waals surface area contributed by atoms with Crippen molar-refractivity contribution in [1.82, 2.24) is 9.29 Å². The van der Waals surface area contributed by atoms with Crippen LogP contribution < -0.4 is 4.72 Å². The third-order valence-corrected chi connectivity index (χ3v) is 4.56. The van der Waals surface area contributed by atoms with Gasteiger partial charge in [-0.15, -0.1) is 0 Å². The van der Waals surface area contributed by atoms with Crippen molar-refractivity contribution >= 4 is 31.8 Å². The van der Waals surface area contributed by atoms with Crippen molar-refractivity contribution in [3.8, 4) is 0 Å². The average molecular weight is 306 g/mol. The highest BCUT2D eigenvalue weighted by Crippen LogP contribution is 2.22. The van der Waals surface area contributed by atoms with E-state index < -0.39 is 10.2 Å². The predicted octanol–water partition coefficient (Wildman–Crippen LogP) is 1.60. The van der Waals surface area contributed by atoms with E-state index in [1.807, 2.05) is 0 Å². The second-order valence-corrected chi connectivity index (χ2v) is 5.98. The molecule has 1 aromatic rings. The topological polar surface area (TPSA) is 62.3 Å². The number of hydrogen-bond acceptors (Lipinski definition) is 3. The highest BCUT2D eigenvalue weighted by Gasteiger charge is 2.25. The molecule has 16 heavy (non-hydrogen) atoms.